The molecule has 0 saturated heterocycles. The Morgan fingerprint density at radius 1 is 1.27 bits per heavy atom. The molecule has 62 valence electrons. The summed E-state index contributed by atoms with van der Waals surface area (Å²) in [5.74, 6) is 1.60. The van der Waals surface area contributed by atoms with Gasteiger partial charge in [-0.25, -0.2) is 0 Å². The lowest BCUT2D eigenvalue weighted by Crippen LogP contribution is -2.05. The molecule has 4 nitrogen and oxygen atoms in total. The number of hydrogen-bond donors (Lipinski definition) is 1. The summed E-state index contributed by atoms with van der Waals surface area (Å²) in [6, 6.07) is 0. The minimum absolute atomic E-state index is 0.0269. The van der Waals surface area contributed by atoms with E-state index >= 15 is 0 Å². The van der Waals surface area contributed by atoms with Crippen molar-refractivity contribution in [1.82, 2.24) is 14.8 Å². The van der Waals surface area contributed by atoms with Crippen molar-refractivity contribution in [3.63, 3.8) is 0 Å². The van der Waals surface area contributed by atoms with Gasteiger partial charge in [-0.1, -0.05) is 6.92 Å². The summed E-state index contributed by atoms with van der Waals surface area (Å²) in [4.78, 5) is 0. The Morgan fingerprint density at radius 3 is 2.36 bits per heavy atom. The number of aliphatic hydroxyl groups is 1. The quantitative estimate of drug-likeness (QED) is 0.685. The zero-order valence-corrected chi connectivity index (χ0v) is 6.91. The molecule has 0 atom stereocenters. The highest BCUT2D eigenvalue weighted by atomic mass is 16.3. The minimum Gasteiger partial charge on any atom is -0.388 e. The molecule has 0 aliphatic heterocycles. The summed E-state index contributed by atoms with van der Waals surface area (Å²) in [6.45, 7) is 4.84. The molecule has 1 rings (SSSR count). The van der Waals surface area contributed by atoms with Crippen LogP contribution in [0.2, 0.25) is 0 Å². The zero-order valence-electron chi connectivity index (χ0n) is 6.91. The number of rotatable bonds is 3. The maximum atomic E-state index is 8.84. The molecular formula is C7H13N3O. The van der Waals surface area contributed by atoms with E-state index in [1.807, 2.05) is 18.4 Å². The van der Waals surface area contributed by atoms with Gasteiger partial charge in [-0.3, -0.25) is 0 Å². The number of hydrogen-bond acceptors (Lipinski definition) is 3. The molecule has 0 fully saturated rings. The van der Waals surface area contributed by atoms with Crippen LogP contribution in [0.1, 0.15) is 25.5 Å². The standard InChI is InChI=1S/C7H13N3O/c1-3-6-8-9-7(5-11)10(6)4-2/h11H,3-5H2,1-2H3. The summed E-state index contributed by atoms with van der Waals surface area (Å²) in [5.41, 5.74) is 0. The van der Waals surface area contributed by atoms with Gasteiger partial charge in [-0.2, -0.15) is 0 Å². The van der Waals surface area contributed by atoms with Crippen molar-refractivity contribution >= 4 is 0 Å². The van der Waals surface area contributed by atoms with Crippen molar-refractivity contribution in [3.05, 3.63) is 11.6 Å². The molecule has 1 N–H and O–H groups in total. The fourth-order valence-corrected chi connectivity index (χ4v) is 1.12. The highest BCUT2D eigenvalue weighted by Crippen LogP contribution is 2.01. The maximum Gasteiger partial charge on any atom is 0.158 e. The van der Waals surface area contributed by atoms with Gasteiger partial charge in [0.05, 0.1) is 0 Å². The third kappa shape index (κ3) is 1.40. The number of aryl methyl sites for hydroxylation is 1. The molecule has 0 amide bonds. The van der Waals surface area contributed by atoms with Crippen molar-refractivity contribution in [2.24, 2.45) is 0 Å². The van der Waals surface area contributed by atoms with E-state index in [2.05, 4.69) is 10.2 Å². The number of aliphatic hydroxyl groups excluding tert-OH is 1. The topological polar surface area (TPSA) is 50.9 Å². The third-order valence-corrected chi connectivity index (χ3v) is 1.68. The smallest absolute Gasteiger partial charge is 0.158 e. The molecule has 4 heteroatoms. The molecule has 1 aromatic heterocycles. The predicted octanol–water partition coefficient (Wildman–Crippen LogP) is 0.353. The first kappa shape index (κ1) is 8.20. The Labute approximate surface area is 65.9 Å². The van der Waals surface area contributed by atoms with Gasteiger partial charge in [-0.05, 0) is 6.92 Å². The van der Waals surface area contributed by atoms with E-state index in [0.717, 1.165) is 18.8 Å². The van der Waals surface area contributed by atoms with Crippen LogP contribution in [0.25, 0.3) is 0 Å². The van der Waals surface area contributed by atoms with Crippen molar-refractivity contribution < 1.29 is 5.11 Å². The average molecular weight is 155 g/mol. The van der Waals surface area contributed by atoms with Crippen LogP contribution < -0.4 is 0 Å². The van der Waals surface area contributed by atoms with E-state index in [0.29, 0.717) is 5.82 Å². The second-order valence-corrected chi connectivity index (χ2v) is 2.29. The van der Waals surface area contributed by atoms with Gasteiger partial charge in [0.1, 0.15) is 12.4 Å². The fraction of sp³-hybridized carbons (Fsp3) is 0.714. The second kappa shape index (κ2) is 3.48. The molecule has 0 bridgehead atoms. The van der Waals surface area contributed by atoms with Crippen molar-refractivity contribution in [2.75, 3.05) is 0 Å². The first-order chi connectivity index (χ1) is 5.33. The molecular weight excluding hydrogens is 142 g/mol. The second-order valence-electron chi connectivity index (χ2n) is 2.29. The Kier molecular flexibility index (Phi) is 2.59. The Hall–Kier alpha value is -0.900. The zero-order chi connectivity index (χ0) is 8.27. The van der Waals surface area contributed by atoms with Crippen molar-refractivity contribution in [1.29, 1.82) is 0 Å². The SMILES string of the molecule is CCc1nnc(CO)n1CC. The Morgan fingerprint density at radius 2 is 1.91 bits per heavy atom. The molecule has 1 aromatic rings. The molecule has 0 unspecified atom stereocenters. The first-order valence-electron chi connectivity index (χ1n) is 3.85. The summed E-state index contributed by atoms with van der Waals surface area (Å²) in [5, 5.41) is 16.6. The van der Waals surface area contributed by atoms with Gasteiger partial charge in [0, 0.05) is 13.0 Å². The molecule has 1 heterocycles. The normalized spacial score (nSPS) is 10.5. The molecule has 11 heavy (non-hydrogen) atoms. The van der Waals surface area contributed by atoms with E-state index in [9.17, 15) is 0 Å². The maximum absolute atomic E-state index is 8.84. The van der Waals surface area contributed by atoms with Crippen molar-refractivity contribution in [2.45, 2.75) is 33.4 Å². The third-order valence-electron chi connectivity index (χ3n) is 1.68. The molecule has 0 aromatic carbocycles. The monoisotopic (exact) mass is 155 g/mol. The highest BCUT2D eigenvalue weighted by molar-refractivity contribution is 4.93. The van der Waals surface area contributed by atoms with Crippen LogP contribution in [0.5, 0.6) is 0 Å². The van der Waals surface area contributed by atoms with Crippen LogP contribution in [-0.4, -0.2) is 19.9 Å². The Bertz CT molecular complexity index is 210. The lowest BCUT2D eigenvalue weighted by molar-refractivity contribution is 0.264. The highest BCUT2D eigenvalue weighted by Gasteiger charge is 2.06. The van der Waals surface area contributed by atoms with E-state index in [1.54, 1.807) is 0 Å². The summed E-state index contributed by atoms with van der Waals surface area (Å²) in [6.07, 6.45) is 0.862. The van der Waals surface area contributed by atoms with Crippen LogP contribution in [-0.2, 0) is 19.6 Å². The van der Waals surface area contributed by atoms with Gasteiger partial charge in [0.25, 0.3) is 0 Å². The van der Waals surface area contributed by atoms with Crippen molar-refractivity contribution in [3.8, 4) is 0 Å². The van der Waals surface area contributed by atoms with Gasteiger partial charge in [0.2, 0.25) is 0 Å². The van der Waals surface area contributed by atoms with Crippen LogP contribution in [0, 0.1) is 0 Å². The van der Waals surface area contributed by atoms with Crippen LogP contribution in [0.4, 0.5) is 0 Å². The fourth-order valence-electron chi connectivity index (χ4n) is 1.12. The summed E-state index contributed by atoms with van der Waals surface area (Å²) >= 11 is 0. The predicted molar refractivity (Wildman–Crippen MR) is 41.0 cm³/mol. The molecule has 0 aliphatic carbocycles. The molecule has 0 saturated carbocycles. The lowest BCUT2D eigenvalue weighted by Gasteiger charge is -2.02. The lowest BCUT2D eigenvalue weighted by atomic mass is 10.4. The number of aromatic nitrogens is 3. The van der Waals surface area contributed by atoms with E-state index in [4.69, 9.17) is 5.11 Å². The van der Waals surface area contributed by atoms with Crippen LogP contribution >= 0.6 is 0 Å². The van der Waals surface area contributed by atoms with E-state index in [1.165, 1.54) is 0 Å². The van der Waals surface area contributed by atoms with E-state index in [-0.39, 0.29) is 6.61 Å². The number of nitrogens with zero attached hydrogens (tertiary/aromatic N) is 3. The Balaban J connectivity index is 2.99. The van der Waals surface area contributed by atoms with Gasteiger partial charge < -0.3 is 9.67 Å². The van der Waals surface area contributed by atoms with Crippen LogP contribution in [0.3, 0.4) is 0 Å². The minimum atomic E-state index is -0.0269. The molecule has 0 radical (unpaired) electrons. The van der Waals surface area contributed by atoms with Gasteiger partial charge in [-0.15, -0.1) is 10.2 Å². The van der Waals surface area contributed by atoms with Gasteiger partial charge in [0.15, 0.2) is 5.82 Å². The molecule has 0 spiro atoms. The summed E-state index contributed by atoms with van der Waals surface area (Å²) in [7, 11) is 0. The summed E-state index contributed by atoms with van der Waals surface area (Å²) < 4.78 is 1.93. The van der Waals surface area contributed by atoms with Gasteiger partial charge >= 0.3 is 0 Å². The average Bonchev–Trinajstić information content (AvgIpc) is 2.45. The van der Waals surface area contributed by atoms with E-state index < -0.39 is 0 Å². The largest absolute Gasteiger partial charge is 0.388 e. The first-order valence-corrected chi connectivity index (χ1v) is 3.85. The molecule has 0 aliphatic rings. The van der Waals surface area contributed by atoms with Crippen LogP contribution in [0.15, 0.2) is 0 Å².